The number of Topliss-reactive ketones (excluding diaryl/α,β-unsaturated/α-hetero) is 1. The van der Waals surface area contributed by atoms with Crippen LogP contribution in [0.25, 0.3) is 28.0 Å². The molecule has 0 radical (unpaired) electrons. The first kappa shape index (κ1) is 25.1. The van der Waals surface area contributed by atoms with Gasteiger partial charge in [0.15, 0.2) is 11.4 Å². The van der Waals surface area contributed by atoms with Gasteiger partial charge >= 0.3 is 0 Å². The van der Waals surface area contributed by atoms with Gasteiger partial charge in [-0.15, -0.1) is 0 Å². The number of piperidine rings is 1. The van der Waals surface area contributed by atoms with Gasteiger partial charge in [-0.2, -0.15) is 14.7 Å². The highest BCUT2D eigenvalue weighted by atomic mass is 16.2. The van der Waals surface area contributed by atoms with Crippen LogP contribution in [0.3, 0.4) is 0 Å². The standard InChI is InChI=1S/C30H29N9O2/c1-16(40)25-26(20-12-21-9-10-22(13-20)38(21)30(41)28-34-17(2)36-37-28)35-29-23(15-33-39(29)27(25)31)19-8-11-24(32-14-19)18-6-4-3-5-7-18/h3-8,11,14-15,20-22H,9-10,12-13,31H2,1-2H3,(H,34,36,37)/t20?,21-,22+. The fourth-order valence-corrected chi connectivity index (χ4v) is 6.52. The van der Waals surface area contributed by atoms with Crippen molar-refractivity contribution < 1.29 is 9.59 Å². The van der Waals surface area contributed by atoms with Gasteiger partial charge in [0.2, 0.25) is 5.82 Å². The molecule has 2 fully saturated rings. The third-order valence-electron chi connectivity index (χ3n) is 8.36. The van der Waals surface area contributed by atoms with Crippen molar-refractivity contribution in [2.75, 3.05) is 5.73 Å². The summed E-state index contributed by atoms with van der Waals surface area (Å²) in [5.74, 6) is 0.774. The van der Waals surface area contributed by atoms with Crippen molar-refractivity contribution >= 4 is 23.2 Å². The number of nitrogens with two attached hydrogens (primary N) is 1. The number of amides is 1. The van der Waals surface area contributed by atoms with Crippen LogP contribution in [0.4, 0.5) is 5.82 Å². The first-order valence-electron chi connectivity index (χ1n) is 13.8. The molecule has 6 heterocycles. The number of fused-ring (bicyclic) bond motifs is 3. The van der Waals surface area contributed by atoms with E-state index in [2.05, 4.69) is 25.3 Å². The molecule has 2 bridgehead atoms. The van der Waals surface area contributed by atoms with Gasteiger partial charge in [0.25, 0.3) is 5.91 Å². The van der Waals surface area contributed by atoms with E-state index in [1.807, 2.05) is 53.6 Å². The number of H-pyrrole nitrogens is 1. The Morgan fingerprint density at radius 2 is 1.73 bits per heavy atom. The number of carbonyl (C=O) groups excluding carboxylic acids is 2. The Labute approximate surface area is 235 Å². The predicted octanol–water partition coefficient (Wildman–Crippen LogP) is 4.22. The molecular weight excluding hydrogens is 518 g/mol. The van der Waals surface area contributed by atoms with Crippen LogP contribution in [0.2, 0.25) is 0 Å². The number of hydrogen-bond donors (Lipinski definition) is 2. The highest BCUT2D eigenvalue weighted by Crippen LogP contribution is 2.45. The number of aromatic amines is 1. The van der Waals surface area contributed by atoms with Gasteiger partial charge < -0.3 is 10.6 Å². The third-order valence-corrected chi connectivity index (χ3v) is 8.36. The summed E-state index contributed by atoms with van der Waals surface area (Å²) in [7, 11) is 0. The summed E-state index contributed by atoms with van der Waals surface area (Å²) in [6.07, 6.45) is 6.69. The molecule has 3 atom stereocenters. The second-order valence-corrected chi connectivity index (χ2v) is 10.9. The minimum atomic E-state index is -0.152. The highest BCUT2D eigenvalue weighted by Gasteiger charge is 2.46. The van der Waals surface area contributed by atoms with Crippen molar-refractivity contribution in [3.8, 4) is 22.4 Å². The zero-order valence-electron chi connectivity index (χ0n) is 22.8. The van der Waals surface area contributed by atoms with E-state index in [9.17, 15) is 9.59 Å². The lowest BCUT2D eigenvalue weighted by Crippen LogP contribution is -2.46. The van der Waals surface area contributed by atoms with Crippen LogP contribution in [-0.4, -0.2) is 63.4 Å². The number of aryl methyl sites for hydroxylation is 1. The number of nitrogens with one attached hydrogen (secondary N) is 1. The monoisotopic (exact) mass is 547 g/mol. The van der Waals surface area contributed by atoms with E-state index in [0.717, 1.165) is 35.2 Å². The first-order valence-corrected chi connectivity index (χ1v) is 13.8. The molecule has 3 N–H and O–H groups in total. The molecule has 0 saturated carbocycles. The fourth-order valence-electron chi connectivity index (χ4n) is 6.52. The number of carbonyl (C=O) groups is 2. The molecule has 2 aliphatic heterocycles. The zero-order valence-corrected chi connectivity index (χ0v) is 22.8. The Balaban J connectivity index is 1.25. The van der Waals surface area contributed by atoms with Crippen LogP contribution < -0.4 is 5.73 Å². The van der Waals surface area contributed by atoms with Crippen LogP contribution in [0.1, 0.15) is 71.0 Å². The summed E-state index contributed by atoms with van der Waals surface area (Å²) in [6, 6.07) is 14.0. The maximum Gasteiger partial charge on any atom is 0.291 e. The molecule has 0 aliphatic carbocycles. The molecule has 5 aromatic rings. The van der Waals surface area contributed by atoms with Crippen LogP contribution >= 0.6 is 0 Å². The number of benzene rings is 1. The Morgan fingerprint density at radius 3 is 2.37 bits per heavy atom. The first-order chi connectivity index (χ1) is 19.9. The van der Waals surface area contributed by atoms with Crippen molar-refractivity contribution in [1.82, 2.24) is 39.7 Å². The number of ketones is 1. The van der Waals surface area contributed by atoms with E-state index >= 15 is 0 Å². The Kier molecular flexibility index (Phi) is 5.88. The lowest BCUT2D eigenvalue weighted by molar-refractivity contribution is 0.0556. The van der Waals surface area contributed by atoms with E-state index in [1.165, 1.54) is 6.92 Å². The normalized spacial score (nSPS) is 20.0. The van der Waals surface area contributed by atoms with Crippen molar-refractivity contribution in [3.05, 3.63) is 77.8 Å². The number of pyridine rings is 1. The van der Waals surface area contributed by atoms with E-state index in [1.54, 1.807) is 17.6 Å². The molecule has 41 heavy (non-hydrogen) atoms. The summed E-state index contributed by atoms with van der Waals surface area (Å²) >= 11 is 0. The van der Waals surface area contributed by atoms with Gasteiger partial charge in [0.05, 0.1) is 23.1 Å². The molecule has 11 heteroatoms. The van der Waals surface area contributed by atoms with Gasteiger partial charge in [0.1, 0.15) is 11.6 Å². The molecule has 206 valence electrons. The lowest BCUT2D eigenvalue weighted by Gasteiger charge is -2.38. The van der Waals surface area contributed by atoms with Gasteiger partial charge in [-0.25, -0.2) is 9.97 Å². The summed E-state index contributed by atoms with van der Waals surface area (Å²) < 4.78 is 1.54. The van der Waals surface area contributed by atoms with Crippen molar-refractivity contribution in [2.45, 2.75) is 57.5 Å². The van der Waals surface area contributed by atoms with Crippen molar-refractivity contribution in [3.63, 3.8) is 0 Å². The lowest BCUT2D eigenvalue weighted by atomic mass is 9.85. The van der Waals surface area contributed by atoms with Crippen LogP contribution in [-0.2, 0) is 0 Å². The molecular formula is C30H29N9O2. The number of rotatable bonds is 5. The molecule has 0 spiro atoms. The van der Waals surface area contributed by atoms with Gasteiger partial charge in [-0.3, -0.25) is 19.7 Å². The molecule has 4 aromatic heterocycles. The van der Waals surface area contributed by atoms with Gasteiger partial charge in [-0.05, 0) is 45.6 Å². The van der Waals surface area contributed by atoms with Crippen LogP contribution in [0, 0.1) is 6.92 Å². The quantitative estimate of drug-likeness (QED) is 0.311. The van der Waals surface area contributed by atoms with Crippen LogP contribution in [0.5, 0.6) is 0 Å². The van der Waals surface area contributed by atoms with Crippen molar-refractivity contribution in [1.29, 1.82) is 0 Å². The average molecular weight is 548 g/mol. The molecule has 2 saturated heterocycles. The Hall–Kier alpha value is -4.93. The second kappa shape index (κ2) is 9.61. The molecule has 1 aromatic carbocycles. The number of nitrogens with zero attached hydrogens (tertiary/aromatic N) is 7. The smallest absolute Gasteiger partial charge is 0.291 e. The van der Waals surface area contributed by atoms with E-state index in [-0.39, 0.29) is 41.3 Å². The van der Waals surface area contributed by atoms with Crippen LogP contribution in [0.15, 0.2) is 54.9 Å². The zero-order chi connectivity index (χ0) is 28.2. The topological polar surface area (TPSA) is 148 Å². The molecule has 2 aliphatic rings. The summed E-state index contributed by atoms with van der Waals surface area (Å²) in [5.41, 5.74) is 11.8. The summed E-state index contributed by atoms with van der Waals surface area (Å²) in [4.78, 5) is 42.1. The Morgan fingerprint density at radius 1 is 0.976 bits per heavy atom. The minimum Gasteiger partial charge on any atom is -0.383 e. The van der Waals surface area contributed by atoms with Gasteiger partial charge in [0, 0.05) is 40.9 Å². The highest BCUT2D eigenvalue weighted by molar-refractivity contribution is 6.00. The minimum absolute atomic E-state index is 0.0230. The summed E-state index contributed by atoms with van der Waals surface area (Å²) in [5, 5.41) is 11.3. The number of aromatic nitrogens is 7. The molecule has 1 amide bonds. The fraction of sp³-hybridized carbons (Fsp3) is 0.300. The van der Waals surface area contributed by atoms with E-state index in [0.29, 0.717) is 35.6 Å². The molecule has 7 rings (SSSR count). The third kappa shape index (κ3) is 4.16. The molecule has 11 nitrogen and oxygen atoms in total. The maximum absolute atomic E-state index is 13.3. The summed E-state index contributed by atoms with van der Waals surface area (Å²) in [6.45, 7) is 3.26. The maximum atomic E-state index is 13.3. The number of nitrogen functional groups attached to an aromatic ring is 1. The van der Waals surface area contributed by atoms with Gasteiger partial charge in [-0.1, -0.05) is 36.4 Å². The number of anilines is 1. The Bertz CT molecular complexity index is 1780. The molecule has 1 unspecified atom stereocenters. The van der Waals surface area contributed by atoms with Crippen molar-refractivity contribution in [2.24, 2.45) is 0 Å². The predicted molar refractivity (Wildman–Crippen MR) is 152 cm³/mol. The largest absolute Gasteiger partial charge is 0.383 e. The van der Waals surface area contributed by atoms with E-state index < -0.39 is 0 Å². The van der Waals surface area contributed by atoms with E-state index in [4.69, 9.17) is 10.7 Å². The second-order valence-electron chi connectivity index (χ2n) is 10.9. The number of hydrogen-bond acceptors (Lipinski definition) is 8. The SMILES string of the molecule is CC(=O)c1c(C2C[C@H]3CC[C@@H](C2)N3C(=O)c2nc(C)n[nH]2)nc2c(-c3ccc(-c4ccccc4)nc3)cnn2c1N. The average Bonchev–Trinajstić information content (AvgIpc) is 3.68.